The molecule has 0 bridgehead atoms. The summed E-state index contributed by atoms with van der Waals surface area (Å²) in [6.45, 7) is 2.48. The van der Waals surface area contributed by atoms with Gasteiger partial charge in [0, 0.05) is 25.2 Å². The van der Waals surface area contributed by atoms with Crippen LogP contribution in [-0.4, -0.2) is 30.4 Å². The molecule has 104 valence electrons. The first-order valence-corrected chi connectivity index (χ1v) is 7.23. The predicted molar refractivity (Wildman–Crippen MR) is 78.3 cm³/mol. The van der Waals surface area contributed by atoms with Crippen LogP contribution in [0.4, 0.5) is 0 Å². The Morgan fingerprint density at radius 2 is 2.05 bits per heavy atom. The number of hydrogen-bond acceptors (Lipinski definition) is 2. The molecular formula is C16H24N2O. The van der Waals surface area contributed by atoms with Gasteiger partial charge in [0.05, 0.1) is 0 Å². The summed E-state index contributed by atoms with van der Waals surface area (Å²) >= 11 is 0. The second-order valence-corrected chi connectivity index (χ2v) is 5.50. The van der Waals surface area contributed by atoms with E-state index in [2.05, 4.69) is 6.07 Å². The molecule has 2 N–H and O–H groups in total. The van der Waals surface area contributed by atoms with Gasteiger partial charge in [-0.15, -0.1) is 0 Å². The highest BCUT2D eigenvalue weighted by Crippen LogP contribution is 2.24. The zero-order chi connectivity index (χ0) is 13.8. The van der Waals surface area contributed by atoms with E-state index in [4.69, 9.17) is 5.73 Å². The molecule has 1 unspecified atom stereocenters. The van der Waals surface area contributed by atoms with E-state index in [1.165, 1.54) is 30.4 Å². The summed E-state index contributed by atoms with van der Waals surface area (Å²) in [5.41, 5.74) is 9.16. The average molecular weight is 260 g/mol. The number of carbonyl (C=O) groups excluding carboxylic acids is 1. The minimum atomic E-state index is 0.0779. The quantitative estimate of drug-likeness (QED) is 0.848. The van der Waals surface area contributed by atoms with Gasteiger partial charge in [-0.2, -0.15) is 0 Å². The molecule has 1 atom stereocenters. The average Bonchev–Trinajstić information content (AvgIpc) is 2.69. The Kier molecular flexibility index (Phi) is 4.59. The Bertz CT molecular complexity index is 456. The third-order valence-corrected chi connectivity index (χ3v) is 4.20. The maximum Gasteiger partial charge on any atom is 0.254 e. The Balaban J connectivity index is 2.32. The van der Waals surface area contributed by atoms with Gasteiger partial charge in [0.2, 0.25) is 0 Å². The summed E-state index contributed by atoms with van der Waals surface area (Å²) in [6.07, 6.45) is 5.82. The summed E-state index contributed by atoms with van der Waals surface area (Å²) in [5.74, 6) is 0.108. The molecule has 19 heavy (non-hydrogen) atoms. The van der Waals surface area contributed by atoms with Gasteiger partial charge in [-0.1, -0.05) is 18.6 Å². The van der Waals surface area contributed by atoms with Crippen molar-refractivity contribution in [1.29, 1.82) is 0 Å². The highest BCUT2D eigenvalue weighted by molar-refractivity contribution is 5.96. The predicted octanol–water partition coefficient (Wildman–Crippen LogP) is 2.37. The zero-order valence-corrected chi connectivity index (χ0v) is 12.0. The molecule has 1 aliphatic carbocycles. The Morgan fingerprint density at radius 1 is 1.32 bits per heavy atom. The third kappa shape index (κ3) is 2.98. The van der Waals surface area contributed by atoms with Gasteiger partial charge < -0.3 is 10.6 Å². The van der Waals surface area contributed by atoms with Crippen molar-refractivity contribution in [2.24, 2.45) is 5.73 Å². The molecule has 0 aliphatic heterocycles. The van der Waals surface area contributed by atoms with E-state index in [-0.39, 0.29) is 11.9 Å². The van der Waals surface area contributed by atoms with E-state index >= 15 is 0 Å². The summed E-state index contributed by atoms with van der Waals surface area (Å²) in [4.78, 5) is 14.4. The summed E-state index contributed by atoms with van der Waals surface area (Å²) < 4.78 is 0. The molecule has 1 aromatic rings. The Morgan fingerprint density at radius 3 is 2.79 bits per heavy atom. The van der Waals surface area contributed by atoms with E-state index in [9.17, 15) is 4.79 Å². The highest BCUT2D eigenvalue weighted by Gasteiger charge is 2.21. The largest absolute Gasteiger partial charge is 0.338 e. The molecule has 3 nitrogen and oxygen atoms in total. The molecule has 0 saturated carbocycles. The molecule has 2 rings (SSSR count). The van der Waals surface area contributed by atoms with Crippen LogP contribution in [0.5, 0.6) is 0 Å². The highest BCUT2D eigenvalue weighted by atomic mass is 16.2. The number of hydrogen-bond donors (Lipinski definition) is 1. The van der Waals surface area contributed by atoms with Crippen molar-refractivity contribution in [3.63, 3.8) is 0 Å². The molecule has 0 saturated heterocycles. The summed E-state index contributed by atoms with van der Waals surface area (Å²) in [6, 6.07) is 6.23. The van der Waals surface area contributed by atoms with Crippen LogP contribution in [0.15, 0.2) is 18.2 Å². The maximum atomic E-state index is 12.6. The van der Waals surface area contributed by atoms with Gasteiger partial charge in [-0.3, -0.25) is 4.79 Å². The molecule has 1 amide bonds. The van der Waals surface area contributed by atoms with Gasteiger partial charge >= 0.3 is 0 Å². The normalized spacial score (nSPS) is 16.4. The Hall–Kier alpha value is -1.35. The minimum Gasteiger partial charge on any atom is -0.338 e. The van der Waals surface area contributed by atoms with Crippen molar-refractivity contribution in [1.82, 2.24) is 4.90 Å². The topological polar surface area (TPSA) is 46.3 Å². The first kappa shape index (κ1) is 14.1. The molecule has 3 heteroatoms. The number of benzene rings is 1. The van der Waals surface area contributed by atoms with Crippen LogP contribution in [0, 0.1) is 0 Å². The monoisotopic (exact) mass is 260 g/mol. The number of fused-ring (bicyclic) bond motifs is 1. The van der Waals surface area contributed by atoms with Crippen molar-refractivity contribution in [3.05, 3.63) is 34.9 Å². The molecule has 1 aliphatic rings. The summed E-state index contributed by atoms with van der Waals surface area (Å²) in [7, 11) is 1.84. The standard InChI is InChI=1S/C16H24N2O/c1-12(11-17)18(2)16(19)15-10-6-8-13-7-4-3-5-9-14(13)15/h6,8,10,12H,3-5,7,9,11,17H2,1-2H3. The molecule has 0 fully saturated rings. The number of nitrogens with two attached hydrogens (primary N) is 1. The number of carbonyl (C=O) groups is 1. The first-order chi connectivity index (χ1) is 9.15. The second kappa shape index (κ2) is 6.20. The van der Waals surface area contributed by atoms with Gasteiger partial charge in [0.1, 0.15) is 0 Å². The van der Waals surface area contributed by atoms with Gasteiger partial charge in [0.15, 0.2) is 0 Å². The van der Waals surface area contributed by atoms with Crippen molar-refractivity contribution < 1.29 is 4.79 Å². The first-order valence-electron chi connectivity index (χ1n) is 7.23. The Labute approximate surface area is 115 Å². The van der Waals surface area contributed by atoms with Crippen LogP contribution in [0.3, 0.4) is 0 Å². The van der Waals surface area contributed by atoms with Crippen molar-refractivity contribution in [3.8, 4) is 0 Å². The van der Waals surface area contributed by atoms with E-state index in [0.29, 0.717) is 6.54 Å². The lowest BCUT2D eigenvalue weighted by molar-refractivity contribution is 0.0747. The molecular weight excluding hydrogens is 236 g/mol. The van der Waals surface area contributed by atoms with E-state index in [0.717, 1.165) is 18.4 Å². The SMILES string of the molecule is CC(CN)N(C)C(=O)c1cccc2c1CCCCC2. The lowest BCUT2D eigenvalue weighted by atomic mass is 9.96. The molecule has 1 aromatic carbocycles. The van der Waals surface area contributed by atoms with Gasteiger partial charge in [0.25, 0.3) is 5.91 Å². The molecule has 0 aromatic heterocycles. The summed E-state index contributed by atoms with van der Waals surface area (Å²) in [5, 5.41) is 0. The van der Waals surface area contributed by atoms with Crippen LogP contribution in [-0.2, 0) is 12.8 Å². The fraction of sp³-hybridized carbons (Fsp3) is 0.562. The lowest BCUT2D eigenvalue weighted by Gasteiger charge is -2.25. The molecule has 0 heterocycles. The number of nitrogens with zero attached hydrogens (tertiary/aromatic N) is 1. The van der Waals surface area contributed by atoms with Crippen LogP contribution in [0.2, 0.25) is 0 Å². The van der Waals surface area contributed by atoms with Crippen LogP contribution in [0.25, 0.3) is 0 Å². The zero-order valence-electron chi connectivity index (χ0n) is 12.0. The number of aryl methyl sites for hydroxylation is 1. The maximum absolute atomic E-state index is 12.6. The second-order valence-electron chi connectivity index (χ2n) is 5.50. The van der Waals surface area contributed by atoms with Gasteiger partial charge in [-0.25, -0.2) is 0 Å². The molecule has 0 spiro atoms. The van der Waals surface area contributed by atoms with E-state index in [1.807, 2.05) is 26.1 Å². The van der Waals surface area contributed by atoms with Crippen LogP contribution in [0.1, 0.15) is 47.7 Å². The van der Waals surface area contributed by atoms with Crippen molar-refractivity contribution >= 4 is 5.91 Å². The fourth-order valence-corrected chi connectivity index (χ4v) is 2.71. The minimum absolute atomic E-state index is 0.0779. The van der Waals surface area contributed by atoms with Crippen LogP contribution < -0.4 is 5.73 Å². The van der Waals surface area contributed by atoms with Crippen molar-refractivity contribution in [2.75, 3.05) is 13.6 Å². The van der Waals surface area contributed by atoms with E-state index < -0.39 is 0 Å². The van der Waals surface area contributed by atoms with Gasteiger partial charge in [-0.05, 0) is 49.8 Å². The fourth-order valence-electron chi connectivity index (χ4n) is 2.71. The number of amides is 1. The van der Waals surface area contributed by atoms with Crippen LogP contribution >= 0.6 is 0 Å². The number of likely N-dealkylation sites (N-methyl/N-ethyl adjacent to an activating group) is 1. The lowest BCUT2D eigenvalue weighted by Crippen LogP contribution is -2.40. The smallest absolute Gasteiger partial charge is 0.254 e. The van der Waals surface area contributed by atoms with Crippen molar-refractivity contribution in [2.45, 2.75) is 45.1 Å². The van der Waals surface area contributed by atoms with E-state index in [1.54, 1.807) is 4.90 Å². The third-order valence-electron chi connectivity index (χ3n) is 4.20. The molecule has 0 radical (unpaired) electrons. The number of rotatable bonds is 3.